The Kier molecular flexibility index (Phi) is 16.0. The second-order valence-corrected chi connectivity index (χ2v) is 16.3. The van der Waals surface area contributed by atoms with Crippen molar-refractivity contribution >= 4 is 34.0 Å². The van der Waals surface area contributed by atoms with Crippen molar-refractivity contribution in [3.05, 3.63) is 270 Å². The highest BCUT2D eigenvalue weighted by atomic mass is 16.5. The number of nitrogens with one attached hydrogen (secondary N) is 1. The summed E-state index contributed by atoms with van der Waals surface area (Å²) in [5.41, 5.74) is 13.9. The molecule has 0 spiro atoms. The largest absolute Gasteiger partial charge is 0.458 e. The summed E-state index contributed by atoms with van der Waals surface area (Å²) in [5, 5.41) is 8.76. The van der Waals surface area contributed by atoms with Crippen molar-refractivity contribution in [2.45, 2.75) is 65.7 Å². The summed E-state index contributed by atoms with van der Waals surface area (Å²) in [4.78, 5) is 4.57. The lowest BCUT2D eigenvalue weighted by atomic mass is 9.88. The maximum atomic E-state index is 8.76. The Morgan fingerprint density at radius 1 is 0.738 bits per heavy atom. The minimum absolute atomic E-state index is 0.286. The Morgan fingerprint density at radius 3 is 2.02 bits per heavy atom. The van der Waals surface area contributed by atoms with E-state index in [4.69, 9.17) is 10.1 Å². The third kappa shape index (κ3) is 12.0. The molecule has 7 rings (SSSR count). The fraction of sp³-hybridized carbons (Fsp3) is 0.164. The monoisotopic (exact) mass is 851 g/mol. The molecule has 0 heterocycles. The van der Waals surface area contributed by atoms with Gasteiger partial charge in [-0.2, -0.15) is 0 Å². The first-order valence-electron chi connectivity index (χ1n) is 22.9. The van der Waals surface area contributed by atoms with Gasteiger partial charge >= 0.3 is 0 Å². The number of rotatable bonds is 18. The lowest BCUT2D eigenvalue weighted by Crippen LogP contribution is -2.19. The highest BCUT2D eigenvalue weighted by molar-refractivity contribution is 6.00. The van der Waals surface area contributed by atoms with Crippen LogP contribution >= 0.6 is 0 Å². The maximum Gasteiger partial charge on any atom is 0.123 e. The number of anilines is 4. The van der Waals surface area contributed by atoms with Crippen LogP contribution in [0.1, 0.15) is 81.5 Å². The smallest absolute Gasteiger partial charge is 0.123 e. The van der Waals surface area contributed by atoms with E-state index in [1.54, 1.807) is 0 Å². The maximum absolute atomic E-state index is 8.76. The summed E-state index contributed by atoms with van der Waals surface area (Å²) < 4.78 is 6.15. The number of benzene rings is 5. The molecule has 1 unspecified atom stereocenters. The summed E-state index contributed by atoms with van der Waals surface area (Å²) in [6, 6.07) is 46.9. The van der Waals surface area contributed by atoms with Gasteiger partial charge in [-0.3, -0.25) is 0 Å². The predicted molar refractivity (Wildman–Crippen MR) is 278 cm³/mol. The van der Waals surface area contributed by atoms with Gasteiger partial charge in [-0.25, -0.2) is 0 Å². The Balaban J connectivity index is 1.05. The van der Waals surface area contributed by atoms with E-state index in [0.717, 1.165) is 82.3 Å². The van der Waals surface area contributed by atoms with Crippen molar-refractivity contribution in [3.63, 3.8) is 0 Å². The summed E-state index contributed by atoms with van der Waals surface area (Å²) in [6.07, 6.45) is 32.5. The molecule has 5 aromatic rings. The molecule has 65 heavy (non-hydrogen) atoms. The predicted octanol–water partition coefficient (Wildman–Crippen LogP) is 16.7. The van der Waals surface area contributed by atoms with Crippen LogP contribution < -0.4 is 9.80 Å². The molecule has 0 saturated carbocycles. The Morgan fingerprint density at radius 2 is 1.40 bits per heavy atom. The molecule has 0 fully saturated rings. The number of para-hydroxylation sites is 1. The van der Waals surface area contributed by atoms with Crippen LogP contribution in [0.2, 0.25) is 0 Å². The molecule has 0 saturated heterocycles. The van der Waals surface area contributed by atoms with Crippen LogP contribution in [0.5, 0.6) is 0 Å². The van der Waals surface area contributed by atoms with E-state index >= 15 is 0 Å². The summed E-state index contributed by atoms with van der Waals surface area (Å²) in [5.74, 6) is 1.84. The minimum atomic E-state index is 0.286. The molecule has 2 aliphatic rings. The number of allylic oxidation sites excluding steroid dienone is 16. The van der Waals surface area contributed by atoms with Crippen LogP contribution in [0.4, 0.5) is 22.7 Å². The van der Waals surface area contributed by atoms with Crippen molar-refractivity contribution in [2.75, 3.05) is 9.80 Å². The van der Waals surface area contributed by atoms with Crippen LogP contribution in [-0.4, -0.2) is 5.71 Å². The van der Waals surface area contributed by atoms with Crippen LogP contribution in [0, 0.1) is 5.41 Å². The van der Waals surface area contributed by atoms with Crippen molar-refractivity contribution in [1.82, 2.24) is 0 Å². The lowest BCUT2D eigenvalue weighted by Gasteiger charge is -2.27. The van der Waals surface area contributed by atoms with E-state index in [1.165, 1.54) is 16.7 Å². The molecule has 4 nitrogen and oxygen atoms in total. The van der Waals surface area contributed by atoms with Gasteiger partial charge in [-0.1, -0.05) is 153 Å². The number of nitrogens with zero attached hydrogens (tertiary/aromatic N) is 2. The average Bonchev–Trinajstić information content (AvgIpc) is 3.35. The first-order valence-corrected chi connectivity index (χ1v) is 22.9. The summed E-state index contributed by atoms with van der Waals surface area (Å²) >= 11 is 0. The molecule has 0 aliphatic heterocycles. The minimum Gasteiger partial charge on any atom is -0.458 e. The van der Waals surface area contributed by atoms with E-state index < -0.39 is 0 Å². The second kappa shape index (κ2) is 22.8. The Labute approximate surface area is 387 Å². The molecule has 326 valence electrons. The molecule has 1 N–H and O–H groups in total. The van der Waals surface area contributed by atoms with Gasteiger partial charge in [0.2, 0.25) is 0 Å². The quantitative estimate of drug-likeness (QED) is 0.0542. The van der Waals surface area contributed by atoms with E-state index in [1.807, 2.05) is 43.3 Å². The number of hydrogen-bond donors (Lipinski definition) is 1. The zero-order valence-electron chi connectivity index (χ0n) is 38.3. The fourth-order valence-corrected chi connectivity index (χ4v) is 8.19. The van der Waals surface area contributed by atoms with E-state index in [2.05, 4.69) is 213 Å². The third-order valence-electron chi connectivity index (χ3n) is 11.8. The molecule has 0 radical (unpaired) electrons. The number of hydrogen-bond acceptors (Lipinski definition) is 4. The van der Waals surface area contributed by atoms with Gasteiger partial charge < -0.3 is 19.9 Å². The van der Waals surface area contributed by atoms with Gasteiger partial charge in [0.25, 0.3) is 0 Å². The zero-order chi connectivity index (χ0) is 45.4. The topological polar surface area (TPSA) is 39.6 Å². The van der Waals surface area contributed by atoms with Crippen LogP contribution in [0.25, 0.3) is 5.57 Å². The summed E-state index contributed by atoms with van der Waals surface area (Å²) in [6.45, 7) is 12.7. The summed E-state index contributed by atoms with van der Waals surface area (Å²) in [7, 11) is 0. The van der Waals surface area contributed by atoms with E-state index in [-0.39, 0.29) is 5.92 Å². The first-order chi connectivity index (χ1) is 31.8. The van der Waals surface area contributed by atoms with Crippen LogP contribution in [0.15, 0.2) is 248 Å². The highest BCUT2D eigenvalue weighted by Crippen LogP contribution is 2.37. The number of ether oxygens (including phenoxy) is 1. The van der Waals surface area contributed by atoms with Crippen LogP contribution in [0.3, 0.4) is 0 Å². The molecule has 4 heteroatoms. The first kappa shape index (κ1) is 45.6. The Hall–Kier alpha value is -7.43. The molecule has 5 aromatic carbocycles. The zero-order valence-corrected chi connectivity index (χ0v) is 38.3. The van der Waals surface area contributed by atoms with Gasteiger partial charge in [0.05, 0.1) is 0 Å². The standard InChI is InChI=1S/C61H61N3O/c1-6-9-13-22-55(8-3)63(46(4)27-28-49(7-2)47(5)65-60-25-18-12-19-26-60)57-39-33-52(34-40-57)50-29-31-51(32-30-50)53-35-41-58(42-36-53)64(56-23-16-11-17-24-56)59-43-37-54(38-44-59)61(62)45-48-20-14-10-15-21-48/h6,8-11,13-18,20-29,31-44,50,62H,5,7,12,19,30,45H2,1-4H3/b9-6-,22-13-,46-27+,49-28+,55-8+,62-61?. The molecule has 0 aromatic heterocycles. The molecule has 1 atom stereocenters. The van der Waals surface area contributed by atoms with Crippen LogP contribution in [-0.2, 0) is 11.2 Å². The Bertz CT molecular complexity index is 2690. The van der Waals surface area contributed by atoms with Gasteiger partial charge in [0.15, 0.2) is 0 Å². The molecular weight excluding hydrogens is 791 g/mol. The lowest BCUT2D eigenvalue weighted by molar-refractivity contribution is 0.326. The highest BCUT2D eigenvalue weighted by Gasteiger charge is 2.18. The second-order valence-electron chi connectivity index (χ2n) is 16.3. The molecular formula is C61H61N3O. The third-order valence-corrected chi connectivity index (χ3v) is 11.8. The molecule has 2 aliphatic carbocycles. The SMILES string of the molecule is C=C(OC1=CCCC=C1)/C(=C/C=C(\C)N(C(/C=C\C=C/C)=C/C)c1ccc(C2C=CC(c3ccc(N(c4ccccc4)c4ccc(C(=N)Cc5ccccc5)cc4)cc3)=CC2)cc1)CC. The van der Waals surface area contributed by atoms with E-state index in [9.17, 15) is 0 Å². The average molecular weight is 852 g/mol. The van der Waals surface area contributed by atoms with Crippen molar-refractivity contribution in [3.8, 4) is 0 Å². The van der Waals surface area contributed by atoms with Gasteiger partial charge in [-0.05, 0) is 153 Å². The van der Waals surface area contributed by atoms with Gasteiger partial charge in [-0.15, -0.1) is 0 Å². The molecule has 0 bridgehead atoms. The van der Waals surface area contributed by atoms with Crippen molar-refractivity contribution < 1.29 is 4.74 Å². The van der Waals surface area contributed by atoms with Gasteiger partial charge in [0.1, 0.15) is 11.5 Å². The van der Waals surface area contributed by atoms with Crippen molar-refractivity contribution in [2.24, 2.45) is 0 Å². The normalized spacial score (nSPS) is 15.5. The molecule has 0 amide bonds. The van der Waals surface area contributed by atoms with E-state index in [0.29, 0.717) is 17.9 Å². The van der Waals surface area contributed by atoms with Gasteiger partial charge in [0, 0.05) is 52.2 Å². The van der Waals surface area contributed by atoms with Crippen molar-refractivity contribution in [1.29, 1.82) is 5.41 Å². The fourth-order valence-electron chi connectivity index (χ4n) is 8.19.